The highest BCUT2D eigenvalue weighted by Gasteiger charge is 2.21. The maximum Gasteiger partial charge on any atom is 0.306 e. The molecule has 0 amide bonds. The van der Waals surface area contributed by atoms with Crippen LogP contribution in [0.1, 0.15) is 31.2 Å². The minimum Gasteiger partial charge on any atom is -0.466 e. The number of aryl methyl sites for hydroxylation is 1. The normalized spacial score (nSPS) is 14.6. The van der Waals surface area contributed by atoms with Gasteiger partial charge in [0.1, 0.15) is 0 Å². The molecule has 0 aromatic heterocycles. The Labute approximate surface area is 102 Å². The molecule has 1 aliphatic rings. The number of carbonyl (C=O) groups is 1. The van der Waals surface area contributed by atoms with Crippen LogP contribution in [0, 0.1) is 5.92 Å². The van der Waals surface area contributed by atoms with Crippen molar-refractivity contribution < 1.29 is 9.53 Å². The molecule has 0 spiro atoms. The number of nitrogens with two attached hydrogens (primary N) is 1. The van der Waals surface area contributed by atoms with Crippen molar-refractivity contribution in [1.29, 1.82) is 0 Å². The smallest absolute Gasteiger partial charge is 0.306 e. The summed E-state index contributed by atoms with van der Waals surface area (Å²) in [6, 6.07) is 7.64. The Morgan fingerprint density at radius 3 is 2.82 bits per heavy atom. The number of rotatable bonds is 6. The summed E-state index contributed by atoms with van der Waals surface area (Å²) in [6.45, 7) is 0.577. The molecule has 1 saturated carbocycles. The van der Waals surface area contributed by atoms with E-state index in [9.17, 15) is 4.79 Å². The van der Waals surface area contributed by atoms with Gasteiger partial charge in [0.15, 0.2) is 0 Å². The van der Waals surface area contributed by atoms with Crippen molar-refractivity contribution >= 4 is 11.7 Å². The number of benzene rings is 1. The number of hydrogen-bond donors (Lipinski definition) is 1. The lowest BCUT2D eigenvalue weighted by Gasteiger charge is -2.06. The van der Waals surface area contributed by atoms with Gasteiger partial charge in [-0.05, 0) is 30.4 Å². The van der Waals surface area contributed by atoms with Crippen LogP contribution in [0.15, 0.2) is 24.3 Å². The van der Waals surface area contributed by atoms with Gasteiger partial charge in [-0.3, -0.25) is 4.79 Å². The van der Waals surface area contributed by atoms with Crippen LogP contribution in [-0.4, -0.2) is 12.6 Å². The number of anilines is 1. The van der Waals surface area contributed by atoms with E-state index in [0.717, 1.165) is 23.6 Å². The minimum atomic E-state index is -0.117. The topological polar surface area (TPSA) is 52.3 Å². The van der Waals surface area contributed by atoms with Gasteiger partial charge in [0.05, 0.1) is 6.61 Å². The van der Waals surface area contributed by atoms with Crippen molar-refractivity contribution in [3.8, 4) is 0 Å². The first-order valence-corrected chi connectivity index (χ1v) is 6.24. The highest BCUT2D eigenvalue weighted by Crippen LogP contribution is 2.32. The van der Waals surface area contributed by atoms with Crippen molar-refractivity contribution in [3.05, 3.63) is 29.8 Å². The number of carbonyl (C=O) groups excluding carboxylic acids is 1. The van der Waals surface area contributed by atoms with Crippen LogP contribution < -0.4 is 5.73 Å². The molecule has 3 heteroatoms. The molecule has 0 radical (unpaired) electrons. The zero-order valence-corrected chi connectivity index (χ0v) is 10.0. The van der Waals surface area contributed by atoms with E-state index in [1.807, 2.05) is 24.3 Å². The molecule has 2 rings (SSSR count). The quantitative estimate of drug-likeness (QED) is 0.607. The second-order valence-electron chi connectivity index (χ2n) is 4.65. The van der Waals surface area contributed by atoms with Crippen LogP contribution in [0.25, 0.3) is 0 Å². The summed E-state index contributed by atoms with van der Waals surface area (Å²) in [5.41, 5.74) is 7.57. The third kappa shape index (κ3) is 4.10. The first-order valence-electron chi connectivity index (χ1n) is 6.24. The summed E-state index contributed by atoms with van der Waals surface area (Å²) in [6.07, 6.45) is 4.71. The largest absolute Gasteiger partial charge is 0.466 e. The van der Waals surface area contributed by atoms with E-state index >= 15 is 0 Å². The van der Waals surface area contributed by atoms with Crippen LogP contribution in [-0.2, 0) is 16.0 Å². The molecular formula is C14H19NO2. The van der Waals surface area contributed by atoms with Gasteiger partial charge < -0.3 is 10.5 Å². The second kappa shape index (κ2) is 5.71. The fourth-order valence-corrected chi connectivity index (χ4v) is 1.82. The maximum atomic E-state index is 11.5. The Bertz CT molecular complexity index is 386. The number of ether oxygens (including phenoxy) is 1. The van der Waals surface area contributed by atoms with E-state index < -0.39 is 0 Å². The van der Waals surface area contributed by atoms with Gasteiger partial charge >= 0.3 is 5.97 Å². The highest BCUT2D eigenvalue weighted by molar-refractivity contribution is 5.70. The van der Waals surface area contributed by atoms with E-state index in [1.165, 1.54) is 12.8 Å². The molecule has 0 aliphatic heterocycles. The molecule has 2 N–H and O–H groups in total. The summed E-state index contributed by atoms with van der Waals surface area (Å²) in [5.74, 6) is 0.696. The van der Waals surface area contributed by atoms with Gasteiger partial charge in [-0.1, -0.05) is 31.0 Å². The van der Waals surface area contributed by atoms with E-state index in [1.54, 1.807) is 0 Å². The van der Waals surface area contributed by atoms with Crippen LogP contribution in [0.3, 0.4) is 0 Å². The van der Waals surface area contributed by atoms with Crippen LogP contribution in [0.5, 0.6) is 0 Å². The SMILES string of the molecule is Nc1ccccc1CCC(=O)OCCC1CC1. The molecule has 1 aromatic rings. The molecule has 0 bridgehead atoms. The fourth-order valence-electron chi connectivity index (χ4n) is 1.82. The Hall–Kier alpha value is -1.51. The van der Waals surface area contributed by atoms with Crippen molar-refractivity contribution in [2.24, 2.45) is 5.92 Å². The fraction of sp³-hybridized carbons (Fsp3) is 0.500. The summed E-state index contributed by atoms with van der Waals surface area (Å²) < 4.78 is 5.17. The first-order chi connectivity index (χ1) is 8.25. The molecule has 3 nitrogen and oxygen atoms in total. The Morgan fingerprint density at radius 2 is 2.12 bits per heavy atom. The molecular weight excluding hydrogens is 214 g/mol. The first kappa shape index (κ1) is 12.0. The van der Waals surface area contributed by atoms with E-state index in [2.05, 4.69) is 0 Å². The molecule has 17 heavy (non-hydrogen) atoms. The van der Waals surface area contributed by atoms with Crippen molar-refractivity contribution in [3.63, 3.8) is 0 Å². The summed E-state index contributed by atoms with van der Waals surface area (Å²) >= 11 is 0. The van der Waals surface area contributed by atoms with Gasteiger partial charge in [0.25, 0.3) is 0 Å². The molecule has 0 heterocycles. The standard InChI is InChI=1S/C14H19NO2/c15-13-4-2-1-3-12(13)7-8-14(16)17-10-9-11-5-6-11/h1-4,11H,5-10,15H2. The van der Waals surface area contributed by atoms with Crippen LogP contribution in [0.2, 0.25) is 0 Å². The number of esters is 1. The average Bonchev–Trinajstić information content (AvgIpc) is 3.12. The molecule has 0 atom stereocenters. The number of hydrogen-bond acceptors (Lipinski definition) is 3. The summed E-state index contributed by atoms with van der Waals surface area (Å²) in [7, 11) is 0. The van der Waals surface area contributed by atoms with Gasteiger partial charge in [0.2, 0.25) is 0 Å². The second-order valence-corrected chi connectivity index (χ2v) is 4.65. The highest BCUT2D eigenvalue weighted by atomic mass is 16.5. The van der Waals surface area contributed by atoms with Crippen molar-refractivity contribution in [1.82, 2.24) is 0 Å². The Balaban J connectivity index is 1.66. The zero-order valence-electron chi connectivity index (χ0n) is 10.0. The molecule has 0 saturated heterocycles. The number of para-hydroxylation sites is 1. The van der Waals surface area contributed by atoms with E-state index in [4.69, 9.17) is 10.5 Å². The van der Waals surface area contributed by atoms with Crippen molar-refractivity contribution in [2.75, 3.05) is 12.3 Å². The summed E-state index contributed by atoms with van der Waals surface area (Å²) in [5, 5.41) is 0. The van der Waals surface area contributed by atoms with Gasteiger partial charge in [-0.2, -0.15) is 0 Å². The minimum absolute atomic E-state index is 0.117. The zero-order chi connectivity index (χ0) is 12.1. The van der Waals surface area contributed by atoms with Crippen LogP contribution in [0.4, 0.5) is 5.69 Å². The lowest BCUT2D eigenvalue weighted by molar-refractivity contribution is -0.143. The van der Waals surface area contributed by atoms with Gasteiger partial charge in [-0.25, -0.2) is 0 Å². The predicted molar refractivity (Wildman–Crippen MR) is 67.5 cm³/mol. The third-order valence-corrected chi connectivity index (χ3v) is 3.14. The third-order valence-electron chi connectivity index (χ3n) is 3.14. The molecule has 0 unspecified atom stereocenters. The maximum absolute atomic E-state index is 11.5. The monoisotopic (exact) mass is 233 g/mol. The van der Waals surface area contributed by atoms with Gasteiger partial charge in [0, 0.05) is 12.1 Å². The van der Waals surface area contributed by atoms with E-state index in [-0.39, 0.29) is 5.97 Å². The Kier molecular flexibility index (Phi) is 4.02. The molecule has 92 valence electrons. The lowest BCUT2D eigenvalue weighted by atomic mass is 10.1. The molecule has 1 aromatic carbocycles. The number of nitrogen functional groups attached to an aromatic ring is 1. The summed E-state index contributed by atoms with van der Waals surface area (Å²) in [4.78, 5) is 11.5. The molecule has 1 fully saturated rings. The Morgan fingerprint density at radius 1 is 1.35 bits per heavy atom. The molecule has 1 aliphatic carbocycles. The van der Waals surface area contributed by atoms with Gasteiger partial charge in [-0.15, -0.1) is 0 Å². The van der Waals surface area contributed by atoms with E-state index in [0.29, 0.717) is 19.4 Å². The average molecular weight is 233 g/mol. The van der Waals surface area contributed by atoms with Crippen molar-refractivity contribution in [2.45, 2.75) is 32.1 Å². The predicted octanol–water partition coefficient (Wildman–Crippen LogP) is 2.54. The lowest BCUT2D eigenvalue weighted by Crippen LogP contribution is -2.08. The van der Waals surface area contributed by atoms with Crippen LogP contribution >= 0.6 is 0 Å².